The van der Waals surface area contributed by atoms with E-state index >= 15 is 0 Å². The summed E-state index contributed by atoms with van der Waals surface area (Å²) in [5.41, 5.74) is 5.84. The fourth-order valence-corrected chi connectivity index (χ4v) is 2.23. The van der Waals surface area contributed by atoms with E-state index in [1.807, 2.05) is 6.92 Å². The molecule has 0 aliphatic heterocycles. The Kier molecular flexibility index (Phi) is 4.80. The van der Waals surface area contributed by atoms with Crippen molar-refractivity contribution in [1.29, 1.82) is 0 Å². The second-order valence-electron chi connectivity index (χ2n) is 4.72. The number of nitrogens with two attached hydrogens (primary N) is 1. The van der Waals surface area contributed by atoms with Crippen LogP contribution in [0.1, 0.15) is 32.6 Å². The van der Waals surface area contributed by atoms with Gasteiger partial charge in [-0.1, -0.05) is 13.3 Å². The molecule has 1 rings (SSSR count). The first kappa shape index (κ1) is 14.3. The number of hydrogen-bond acceptors (Lipinski definition) is 2. The SMILES string of the molecule is CC1C(N)CCCC1C(=O)NCCC(F)(F)F. The normalized spacial score (nSPS) is 30.1. The summed E-state index contributed by atoms with van der Waals surface area (Å²) in [6.07, 6.45) is -2.74. The Labute approximate surface area is 98.9 Å². The van der Waals surface area contributed by atoms with Crippen LogP contribution in [0, 0.1) is 11.8 Å². The second kappa shape index (κ2) is 5.71. The molecule has 0 aromatic rings. The van der Waals surface area contributed by atoms with Crippen molar-refractivity contribution < 1.29 is 18.0 Å². The average Bonchev–Trinajstić information content (AvgIpc) is 2.20. The molecule has 1 aliphatic carbocycles. The van der Waals surface area contributed by atoms with Crippen LogP contribution in [0.15, 0.2) is 0 Å². The molecule has 17 heavy (non-hydrogen) atoms. The first-order valence-corrected chi connectivity index (χ1v) is 5.91. The van der Waals surface area contributed by atoms with Gasteiger partial charge in [-0.15, -0.1) is 0 Å². The molecule has 0 aromatic heterocycles. The van der Waals surface area contributed by atoms with E-state index in [2.05, 4.69) is 5.32 Å². The number of amides is 1. The summed E-state index contributed by atoms with van der Waals surface area (Å²) in [6, 6.07) is -0.0258. The van der Waals surface area contributed by atoms with Crippen molar-refractivity contribution in [1.82, 2.24) is 5.32 Å². The number of rotatable bonds is 3. The highest BCUT2D eigenvalue weighted by atomic mass is 19.4. The lowest BCUT2D eigenvalue weighted by atomic mass is 9.77. The smallest absolute Gasteiger partial charge is 0.356 e. The van der Waals surface area contributed by atoms with E-state index in [9.17, 15) is 18.0 Å². The molecule has 0 spiro atoms. The quantitative estimate of drug-likeness (QED) is 0.805. The van der Waals surface area contributed by atoms with Gasteiger partial charge < -0.3 is 11.1 Å². The standard InChI is InChI=1S/C11H19F3N2O/c1-7-8(3-2-4-9(7)15)10(17)16-6-5-11(12,13)14/h7-9H,2-6,15H2,1H3,(H,16,17). The maximum absolute atomic E-state index is 11.9. The highest BCUT2D eigenvalue weighted by Gasteiger charge is 2.33. The van der Waals surface area contributed by atoms with Gasteiger partial charge in [0.15, 0.2) is 0 Å². The molecule has 1 fully saturated rings. The lowest BCUT2D eigenvalue weighted by Gasteiger charge is -2.32. The van der Waals surface area contributed by atoms with Crippen molar-refractivity contribution >= 4 is 5.91 Å². The fraction of sp³-hybridized carbons (Fsp3) is 0.909. The minimum atomic E-state index is -4.22. The van der Waals surface area contributed by atoms with Crippen LogP contribution in [0.3, 0.4) is 0 Å². The molecule has 0 heterocycles. The highest BCUT2D eigenvalue weighted by molar-refractivity contribution is 5.79. The number of halogens is 3. The van der Waals surface area contributed by atoms with Gasteiger partial charge in [0.2, 0.25) is 5.91 Å². The van der Waals surface area contributed by atoms with E-state index in [1.54, 1.807) is 0 Å². The number of alkyl halides is 3. The molecule has 3 atom stereocenters. The number of nitrogens with one attached hydrogen (secondary N) is 1. The van der Waals surface area contributed by atoms with Crippen LogP contribution >= 0.6 is 0 Å². The summed E-state index contributed by atoms with van der Waals surface area (Å²) in [7, 11) is 0. The average molecular weight is 252 g/mol. The van der Waals surface area contributed by atoms with Gasteiger partial charge in [-0.3, -0.25) is 4.79 Å². The third-order valence-electron chi connectivity index (χ3n) is 3.41. The predicted octanol–water partition coefficient (Wildman–Crippen LogP) is 1.82. The van der Waals surface area contributed by atoms with E-state index in [0.717, 1.165) is 12.8 Å². The highest BCUT2D eigenvalue weighted by Crippen LogP contribution is 2.29. The molecule has 1 saturated carbocycles. The maximum atomic E-state index is 11.9. The lowest BCUT2D eigenvalue weighted by molar-refractivity contribution is -0.137. The third kappa shape index (κ3) is 4.53. The first-order chi connectivity index (χ1) is 7.81. The minimum Gasteiger partial charge on any atom is -0.356 e. The molecule has 0 bridgehead atoms. The molecule has 100 valence electrons. The molecule has 0 aromatic carbocycles. The van der Waals surface area contributed by atoms with Crippen molar-refractivity contribution in [3.63, 3.8) is 0 Å². The van der Waals surface area contributed by atoms with Crippen LogP contribution in [0.5, 0.6) is 0 Å². The Hall–Kier alpha value is -0.780. The number of carbonyl (C=O) groups excluding carboxylic acids is 1. The fourth-order valence-electron chi connectivity index (χ4n) is 2.23. The van der Waals surface area contributed by atoms with Crippen molar-refractivity contribution in [2.24, 2.45) is 17.6 Å². The topological polar surface area (TPSA) is 55.1 Å². The van der Waals surface area contributed by atoms with Gasteiger partial charge in [-0.2, -0.15) is 13.2 Å². The van der Waals surface area contributed by atoms with Crippen LogP contribution in [-0.2, 0) is 4.79 Å². The van der Waals surface area contributed by atoms with Crippen molar-refractivity contribution in [3.8, 4) is 0 Å². The summed E-state index contributed by atoms with van der Waals surface area (Å²) in [5.74, 6) is -0.501. The Morgan fingerprint density at radius 1 is 1.41 bits per heavy atom. The Morgan fingerprint density at radius 3 is 2.65 bits per heavy atom. The largest absolute Gasteiger partial charge is 0.390 e. The molecule has 3 nitrogen and oxygen atoms in total. The number of carbonyl (C=O) groups is 1. The van der Waals surface area contributed by atoms with Gasteiger partial charge in [-0.25, -0.2) is 0 Å². The van der Waals surface area contributed by atoms with Crippen LogP contribution < -0.4 is 11.1 Å². The molecule has 3 unspecified atom stereocenters. The van der Waals surface area contributed by atoms with Crippen molar-refractivity contribution in [2.75, 3.05) is 6.54 Å². The van der Waals surface area contributed by atoms with Gasteiger partial charge in [0.25, 0.3) is 0 Å². The summed E-state index contributed by atoms with van der Waals surface area (Å²) in [4.78, 5) is 11.7. The molecule has 0 saturated heterocycles. The summed E-state index contributed by atoms with van der Waals surface area (Å²) < 4.78 is 35.7. The molecule has 1 amide bonds. The summed E-state index contributed by atoms with van der Waals surface area (Å²) >= 11 is 0. The second-order valence-corrected chi connectivity index (χ2v) is 4.72. The Bertz CT molecular complexity index is 268. The molecule has 1 aliphatic rings. The van der Waals surface area contributed by atoms with Crippen LogP contribution in [0.2, 0.25) is 0 Å². The molecular formula is C11H19F3N2O. The Morgan fingerprint density at radius 2 is 2.06 bits per heavy atom. The van der Waals surface area contributed by atoms with E-state index in [4.69, 9.17) is 5.73 Å². The van der Waals surface area contributed by atoms with Gasteiger partial charge in [0.1, 0.15) is 0 Å². The predicted molar refractivity (Wildman–Crippen MR) is 58.2 cm³/mol. The molecule has 6 heteroatoms. The van der Waals surface area contributed by atoms with Crippen LogP contribution in [0.4, 0.5) is 13.2 Å². The van der Waals surface area contributed by atoms with Crippen molar-refractivity contribution in [2.45, 2.75) is 44.8 Å². The molecule has 0 radical (unpaired) electrons. The first-order valence-electron chi connectivity index (χ1n) is 5.91. The zero-order valence-electron chi connectivity index (χ0n) is 9.89. The van der Waals surface area contributed by atoms with Gasteiger partial charge in [-0.05, 0) is 18.8 Å². The van der Waals surface area contributed by atoms with E-state index in [0.29, 0.717) is 6.42 Å². The van der Waals surface area contributed by atoms with E-state index < -0.39 is 12.6 Å². The molecule has 3 N–H and O–H groups in total. The third-order valence-corrected chi connectivity index (χ3v) is 3.41. The van der Waals surface area contributed by atoms with Gasteiger partial charge in [0.05, 0.1) is 6.42 Å². The van der Waals surface area contributed by atoms with E-state index in [-0.39, 0.29) is 30.3 Å². The Balaban J connectivity index is 2.37. The lowest BCUT2D eigenvalue weighted by Crippen LogP contribution is -2.44. The van der Waals surface area contributed by atoms with Crippen LogP contribution in [-0.4, -0.2) is 24.7 Å². The van der Waals surface area contributed by atoms with Crippen LogP contribution in [0.25, 0.3) is 0 Å². The van der Waals surface area contributed by atoms with Gasteiger partial charge in [0, 0.05) is 18.5 Å². The zero-order chi connectivity index (χ0) is 13.1. The summed E-state index contributed by atoms with van der Waals surface area (Å²) in [5, 5.41) is 2.35. The zero-order valence-corrected chi connectivity index (χ0v) is 9.89. The van der Waals surface area contributed by atoms with E-state index in [1.165, 1.54) is 0 Å². The van der Waals surface area contributed by atoms with Gasteiger partial charge >= 0.3 is 6.18 Å². The maximum Gasteiger partial charge on any atom is 0.390 e. The van der Waals surface area contributed by atoms with Crippen molar-refractivity contribution in [3.05, 3.63) is 0 Å². The monoisotopic (exact) mass is 252 g/mol. The summed E-state index contributed by atoms with van der Waals surface area (Å²) in [6.45, 7) is 1.54. The minimum absolute atomic E-state index is 0.0258. The number of hydrogen-bond donors (Lipinski definition) is 2. The molecular weight excluding hydrogens is 233 g/mol.